The number of likely N-dealkylation sites (N-methyl/N-ethyl adjacent to an activating group) is 1. The van der Waals surface area contributed by atoms with Gasteiger partial charge in [0.1, 0.15) is 0 Å². The molecule has 0 bridgehead atoms. The molecule has 6 nitrogen and oxygen atoms in total. The number of nitrogens with zero attached hydrogens (tertiary/aromatic N) is 2. The van der Waals surface area contributed by atoms with Crippen molar-refractivity contribution in [2.75, 3.05) is 27.5 Å². The molecule has 0 amide bonds. The number of fused-ring (bicyclic) bond motifs is 2. The Labute approximate surface area is 155 Å². The van der Waals surface area contributed by atoms with Crippen LogP contribution in [0.1, 0.15) is 50.3 Å². The van der Waals surface area contributed by atoms with Crippen molar-refractivity contribution < 1.29 is 19.4 Å². The highest BCUT2D eigenvalue weighted by atomic mass is 16.7. The van der Waals surface area contributed by atoms with E-state index in [9.17, 15) is 5.21 Å². The predicted molar refractivity (Wildman–Crippen MR) is 101 cm³/mol. The van der Waals surface area contributed by atoms with E-state index in [0.717, 1.165) is 48.6 Å². The lowest BCUT2D eigenvalue weighted by atomic mass is 9.87. The van der Waals surface area contributed by atoms with Gasteiger partial charge in [-0.15, -0.1) is 0 Å². The monoisotopic (exact) mass is 360 g/mol. The summed E-state index contributed by atoms with van der Waals surface area (Å²) in [6.45, 7) is 5.32. The zero-order valence-electron chi connectivity index (χ0n) is 16.0. The molecule has 3 rings (SSSR count). The number of hydrogen-bond acceptors (Lipinski definition) is 6. The van der Waals surface area contributed by atoms with Crippen LogP contribution in [-0.2, 0) is 6.42 Å². The molecule has 0 fully saturated rings. The lowest BCUT2D eigenvalue weighted by Crippen LogP contribution is -2.34. The van der Waals surface area contributed by atoms with Crippen LogP contribution in [0.2, 0.25) is 0 Å². The third-order valence-electron chi connectivity index (χ3n) is 5.10. The molecule has 1 N–H and O–H groups in total. The zero-order valence-corrected chi connectivity index (χ0v) is 16.0. The molecule has 1 atom stereocenters. The lowest BCUT2D eigenvalue weighted by Gasteiger charge is -2.36. The van der Waals surface area contributed by atoms with E-state index in [4.69, 9.17) is 14.2 Å². The minimum absolute atomic E-state index is 0.0841. The average molecular weight is 360 g/mol. The Hall–Kier alpha value is -2.21. The Kier molecular flexibility index (Phi) is 5.71. The van der Waals surface area contributed by atoms with Gasteiger partial charge in [-0.2, -0.15) is 0 Å². The molecule has 2 aliphatic rings. The molecule has 0 saturated carbocycles. The molecular formula is C20H28N2O4. The van der Waals surface area contributed by atoms with Crippen LogP contribution in [0.15, 0.2) is 22.9 Å². The Morgan fingerprint density at radius 3 is 2.92 bits per heavy atom. The number of rotatable bonds is 6. The van der Waals surface area contributed by atoms with Crippen LogP contribution in [-0.4, -0.2) is 43.3 Å². The van der Waals surface area contributed by atoms with Gasteiger partial charge in [0.15, 0.2) is 11.5 Å². The summed E-state index contributed by atoms with van der Waals surface area (Å²) in [6, 6.07) is 2.15. The largest absolute Gasteiger partial charge is 0.492 e. The molecule has 1 aromatic carbocycles. The van der Waals surface area contributed by atoms with Crippen LogP contribution in [0, 0.1) is 0 Å². The number of benzene rings is 1. The Morgan fingerprint density at radius 2 is 2.23 bits per heavy atom. The molecule has 2 aliphatic heterocycles. The van der Waals surface area contributed by atoms with Crippen molar-refractivity contribution in [1.82, 2.24) is 4.90 Å². The number of hydrogen-bond donors (Lipinski definition) is 1. The van der Waals surface area contributed by atoms with Gasteiger partial charge in [0.05, 0.1) is 12.8 Å². The van der Waals surface area contributed by atoms with Crippen molar-refractivity contribution in [1.29, 1.82) is 0 Å². The van der Waals surface area contributed by atoms with E-state index in [2.05, 4.69) is 43.1 Å². The van der Waals surface area contributed by atoms with Crippen LogP contribution in [0.3, 0.4) is 0 Å². The average Bonchev–Trinajstić information content (AvgIpc) is 3.08. The first-order chi connectivity index (χ1) is 12.5. The van der Waals surface area contributed by atoms with Gasteiger partial charge in [-0.1, -0.05) is 16.8 Å². The molecule has 142 valence electrons. The summed E-state index contributed by atoms with van der Waals surface area (Å²) in [5.41, 5.74) is 4.41. The predicted octanol–water partition coefficient (Wildman–Crippen LogP) is 3.92. The molecule has 0 spiro atoms. The van der Waals surface area contributed by atoms with Gasteiger partial charge in [-0.25, -0.2) is 0 Å². The molecule has 1 aromatic rings. The quantitative estimate of drug-likeness (QED) is 0.360. The molecule has 6 heteroatoms. The topological polar surface area (TPSA) is 63.5 Å². The third kappa shape index (κ3) is 3.65. The number of methoxy groups -OCH3 is 1. The SMILES string of the molecule is COc1c2c(cc3c1[C@@H](C/C(CCC=C(C)C)=N\O)N(C)CC3)OCO2. The highest BCUT2D eigenvalue weighted by Gasteiger charge is 2.34. The Balaban J connectivity index is 1.90. The first kappa shape index (κ1) is 18.6. The fourth-order valence-corrected chi connectivity index (χ4v) is 3.73. The van der Waals surface area contributed by atoms with Crippen LogP contribution in [0.25, 0.3) is 0 Å². The molecule has 0 aliphatic carbocycles. The second kappa shape index (κ2) is 7.99. The van der Waals surface area contributed by atoms with Crippen molar-refractivity contribution in [2.45, 2.75) is 45.6 Å². The van der Waals surface area contributed by atoms with Gasteiger partial charge < -0.3 is 19.4 Å². The molecular weight excluding hydrogens is 332 g/mol. The number of ether oxygens (including phenoxy) is 3. The van der Waals surface area contributed by atoms with Gasteiger partial charge >= 0.3 is 0 Å². The van der Waals surface area contributed by atoms with E-state index in [1.54, 1.807) is 7.11 Å². The maximum atomic E-state index is 9.51. The summed E-state index contributed by atoms with van der Waals surface area (Å²) in [5.74, 6) is 2.18. The first-order valence-corrected chi connectivity index (χ1v) is 9.08. The van der Waals surface area contributed by atoms with E-state index in [0.29, 0.717) is 12.2 Å². The van der Waals surface area contributed by atoms with Gasteiger partial charge in [0.2, 0.25) is 12.5 Å². The third-order valence-corrected chi connectivity index (χ3v) is 5.10. The molecule has 2 heterocycles. The van der Waals surface area contributed by atoms with Gasteiger partial charge in [-0.3, -0.25) is 4.90 Å². The van der Waals surface area contributed by atoms with Crippen molar-refractivity contribution in [3.05, 3.63) is 28.8 Å². The van der Waals surface area contributed by atoms with Gasteiger partial charge in [0.25, 0.3) is 0 Å². The summed E-state index contributed by atoms with van der Waals surface area (Å²) in [7, 11) is 3.77. The second-order valence-corrected chi connectivity index (χ2v) is 7.15. The maximum Gasteiger partial charge on any atom is 0.231 e. The summed E-state index contributed by atoms with van der Waals surface area (Å²) >= 11 is 0. The van der Waals surface area contributed by atoms with Crippen LogP contribution < -0.4 is 14.2 Å². The van der Waals surface area contributed by atoms with Crippen molar-refractivity contribution in [3.8, 4) is 17.2 Å². The Morgan fingerprint density at radius 1 is 1.42 bits per heavy atom. The van der Waals surface area contributed by atoms with Gasteiger partial charge in [-0.05, 0) is 51.8 Å². The van der Waals surface area contributed by atoms with Crippen molar-refractivity contribution in [2.24, 2.45) is 5.16 Å². The normalized spacial score (nSPS) is 19.2. The van der Waals surface area contributed by atoms with E-state index in [1.807, 2.05) is 0 Å². The fraction of sp³-hybridized carbons (Fsp3) is 0.550. The van der Waals surface area contributed by atoms with E-state index >= 15 is 0 Å². The van der Waals surface area contributed by atoms with Crippen molar-refractivity contribution in [3.63, 3.8) is 0 Å². The summed E-state index contributed by atoms with van der Waals surface area (Å²) in [6.07, 6.45) is 5.38. The molecule has 0 unspecified atom stereocenters. The number of allylic oxidation sites excluding steroid dienone is 2. The van der Waals surface area contributed by atoms with Gasteiger partial charge in [0, 0.05) is 24.6 Å². The summed E-state index contributed by atoms with van der Waals surface area (Å²) < 4.78 is 16.9. The smallest absolute Gasteiger partial charge is 0.231 e. The van der Waals surface area contributed by atoms with E-state index in [1.165, 1.54) is 11.1 Å². The maximum absolute atomic E-state index is 9.51. The van der Waals surface area contributed by atoms with Crippen LogP contribution in [0.5, 0.6) is 17.2 Å². The summed E-state index contributed by atoms with van der Waals surface area (Å²) in [5, 5.41) is 13.1. The van der Waals surface area contributed by atoms with Crippen molar-refractivity contribution >= 4 is 5.71 Å². The fourth-order valence-electron chi connectivity index (χ4n) is 3.73. The highest BCUT2D eigenvalue weighted by Crippen LogP contribution is 2.50. The number of oxime groups is 1. The zero-order chi connectivity index (χ0) is 18.7. The Bertz CT molecular complexity index is 723. The minimum Gasteiger partial charge on any atom is -0.492 e. The minimum atomic E-state index is 0.0841. The molecule has 0 radical (unpaired) electrons. The molecule has 26 heavy (non-hydrogen) atoms. The van der Waals surface area contributed by atoms with Crippen LogP contribution in [0.4, 0.5) is 0 Å². The molecule has 0 aromatic heterocycles. The standard InChI is InChI=1S/C20H28N2O4/c1-13(2)6-5-7-15(21-23)11-16-18-14(8-9-22(16)3)10-17-19(20(18)24-4)26-12-25-17/h6,10,16,23H,5,7-9,11-12H2,1-4H3/b21-15-/t16-/m1/s1. The van der Waals surface area contributed by atoms with E-state index < -0.39 is 0 Å². The van der Waals surface area contributed by atoms with Crippen LogP contribution >= 0.6 is 0 Å². The summed E-state index contributed by atoms with van der Waals surface area (Å²) in [4.78, 5) is 2.29. The van der Waals surface area contributed by atoms with E-state index in [-0.39, 0.29) is 12.8 Å². The highest BCUT2D eigenvalue weighted by molar-refractivity contribution is 5.85. The lowest BCUT2D eigenvalue weighted by molar-refractivity contribution is 0.170. The first-order valence-electron chi connectivity index (χ1n) is 9.08. The second-order valence-electron chi connectivity index (χ2n) is 7.15. The molecule has 0 saturated heterocycles.